The summed E-state index contributed by atoms with van der Waals surface area (Å²) in [5.41, 5.74) is 8.31. The molecule has 4 nitrogen and oxygen atoms in total. The summed E-state index contributed by atoms with van der Waals surface area (Å²) in [5, 5.41) is 0. The Kier molecular flexibility index (Phi) is 3.60. The highest BCUT2D eigenvalue weighted by Gasteiger charge is 2.10. The summed E-state index contributed by atoms with van der Waals surface area (Å²) in [6, 6.07) is 15.3. The van der Waals surface area contributed by atoms with Gasteiger partial charge in [-0.25, -0.2) is 4.98 Å². The van der Waals surface area contributed by atoms with E-state index in [1.54, 1.807) is 12.3 Å². The maximum Gasteiger partial charge on any atom is 0.226 e. The molecule has 0 aliphatic rings. The molecule has 0 fully saturated rings. The maximum atomic E-state index is 5.90. The number of benzene rings is 2. The molecule has 2 aromatic carbocycles. The molecule has 0 atom stereocenters. The van der Waals surface area contributed by atoms with Gasteiger partial charge in [0.05, 0.1) is 12.8 Å². The van der Waals surface area contributed by atoms with Crippen LogP contribution < -0.4 is 10.5 Å². The molecule has 0 radical (unpaired) electrons. The lowest BCUT2D eigenvalue weighted by atomic mass is 10.2. The Labute approximate surface area is 123 Å². The van der Waals surface area contributed by atoms with Crippen molar-refractivity contribution in [3.63, 3.8) is 0 Å². The average Bonchev–Trinajstić information content (AvgIpc) is 2.98. The minimum absolute atomic E-state index is 0.530. The highest BCUT2D eigenvalue weighted by atomic mass is 16.5. The average molecular weight is 280 g/mol. The number of anilines is 1. The molecule has 1 aromatic heterocycles. The highest BCUT2D eigenvalue weighted by molar-refractivity contribution is 5.66. The van der Waals surface area contributed by atoms with Crippen LogP contribution in [0, 0.1) is 0 Å². The first-order chi connectivity index (χ1) is 10.3. The summed E-state index contributed by atoms with van der Waals surface area (Å²) in [6.07, 6.45) is 1.72. The van der Waals surface area contributed by atoms with E-state index in [0.29, 0.717) is 23.9 Å². The molecule has 21 heavy (non-hydrogen) atoms. The molecule has 0 aliphatic heterocycles. The molecule has 0 saturated heterocycles. The van der Waals surface area contributed by atoms with Crippen LogP contribution in [-0.4, -0.2) is 11.6 Å². The van der Waals surface area contributed by atoms with E-state index < -0.39 is 0 Å². The molecular formula is C17H16N2O2. The van der Waals surface area contributed by atoms with Crippen molar-refractivity contribution in [2.75, 3.05) is 12.3 Å². The van der Waals surface area contributed by atoms with Crippen molar-refractivity contribution in [3.05, 3.63) is 54.7 Å². The van der Waals surface area contributed by atoms with Gasteiger partial charge in [-0.15, -0.1) is 0 Å². The lowest BCUT2D eigenvalue weighted by molar-refractivity contribution is 0.340. The van der Waals surface area contributed by atoms with Crippen molar-refractivity contribution in [1.29, 1.82) is 0 Å². The summed E-state index contributed by atoms with van der Waals surface area (Å²) >= 11 is 0. The number of hydrogen-bond donors (Lipinski definition) is 1. The van der Waals surface area contributed by atoms with Crippen LogP contribution in [0.2, 0.25) is 0 Å². The second kappa shape index (κ2) is 5.71. The van der Waals surface area contributed by atoms with Gasteiger partial charge in [0, 0.05) is 22.9 Å². The van der Waals surface area contributed by atoms with Crippen LogP contribution in [0.5, 0.6) is 5.75 Å². The standard InChI is InChI=1S/C17H16N2O2/c1-2-20-15-9-13(8-14(18)10-15)17-19-11-16(21-17)12-6-4-3-5-7-12/h3-11H,2,18H2,1H3. The van der Waals surface area contributed by atoms with Crippen molar-refractivity contribution in [3.8, 4) is 28.5 Å². The Bertz CT molecular complexity index is 736. The van der Waals surface area contributed by atoms with Gasteiger partial charge in [-0.1, -0.05) is 30.3 Å². The minimum Gasteiger partial charge on any atom is -0.494 e. The second-order valence-corrected chi connectivity index (χ2v) is 4.62. The van der Waals surface area contributed by atoms with E-state index >= 15 is 0 Å². The Hall–Kier alpha value is -2.75. The normalized spacial score (nSPS) is 10.5. The van der Waals surface area contributed by atoms with Gasteiger partial charge in [-0.05, 0) is 19.1 Å². The van der Waals surface area contributed by atoms with Crippen LogP contribution >= 0.6 is 0 Å². The van der Waals surface area contributed by atoms with Crippen LogP contribution in [0.1, 0.15) is 6.92 Å². The number of nitrogens with zero attached hydrogens (tertiary/aromatic N) is 1. The predicted octanol–water partition coefficient (Wildman–Crippen LogP) is 3.99. The number of oxazole rings is 1. The first-order valence-electron chi connectivity index (χ1n) is 6.81. The zero-order chi connectivity index (χ0) is 14.7. The molecule has 1 heterocycles. The summed E-state index contributed by atoms with van der Waals surface area (Å²) < 4.78 is 11.3. The Morgan fingerprint density at radius 3 is 2.67 bits per heavy atom. The fraction of sp³-hybridized carbons (Fsp3) is 0.118. The monoisotopic (exact) mass is 280 g/mol. The third-order valence-electron chi connectivity index (χ3n) is 3.05. The van der Waals surface area contributed by atoms with E-state index in [4.69, 9.17) is 14.9 Å². The molecule has 0 amide bonds. The van der Waals surface area contributed by atoms with Crippen molar-refractivity contribution < 1.29 is 9.15 Å². The summed E-state index contributed by atoms with van der Waals surface area (Å²) in [7, 11) is 0. The molecule has 2 N–H and O–H groups in total. The summed E-state index contributed by atoms with van der Waals surface area (Å²) in [5.74, 6) is 1.97. The Balaban J connectivity index is 1.96. The lowest BCUT2D eigenvalue weighted by Gasteiger charge is -2.06. The lowest BCUT2D eigenvalue weighted by Crippen LogP contribution is -1.94. The molecule has 4 heteroatoms. The molecule has 106 valence electrons. The molecule has 0 unspecified atom stereocenters. The maximum absolute atomic E-state index is 5.90. The predicted molar refractivity (Wildman–Crippen MR) is 83.0 cm³/mol. The molecule has 3 aromatic rings. The summed E-state index contributed by atoms with van der Waals surface area (Å²) in [4.78, 5) is 4.33. The zero-order valence-electron chi connectivity index (χ0n) is 11.7. The molecule has 0 aliphatic carbocycles. The van der Waals surface area contributed by atoms with E-state index in [0.717, 1.165) is 16.9 Å². The third-order valence-corrected chi connectivity index (χ3v) is 3.05. The topological polar surface area (TPSA) is 61.3 Å². The van der Waals surface area contributed by atoms with E-state index in [-0.39, 0.29) is 0 Å². The highest BCUT2D eigenvalue weighted by Crippen LogP contribution is 2.30. The number of hydrogen-bond acceptors (Lipinski definition) is 4. The van der Waals surface area contributed by atoms with Gasteiger partial charge in [0.15, 0.2) is 5.76 Å². The van der Waals surface area contributed by atoms with Crippen LogP contribution in [0.3, 0.4) is 0 Å². The van der Waals surface area contributed by atoms with Gasteiger partial charge < -0.3 is 14.9 Å². The van der Waals surface area contributed by atoms with Crippen molar-refractivity contribution in [1.82, 2.24) is 4.98 Å². The minimum atomic E-state index is 0.530. The van der Waals surface area contributed by atoms with Crippen molar-refractivity contribution in [2.24, 2.45) is 0 Å². The van der Waals surface area contributed by atoms with E-state index in [9.17, 15) is 0 Å². The van der Waals surface area contributed by atoms with Crippen LogP contribution in [0.25, 0.3) is 22.8 Å². The third kappa shape index (κ3) is 2.89. The largest absolute Gasteiger partial charge is 0.494 e. The van der Waals surface area contributed by atoms with Gasteiger partial charge in [-0.3, -0.25) is 0 Å². The number of nitrogen functional groups attached to an aromatic ring is 1. The fourth-order valence-electron chi connectivity index (χ4n) is 2.14. The number of rotatable bonds is 4. The van der Waals surface area contributed by atoms with Gasteiger partial charge in [0.25, 0.3) is 0 Å². The molecule has 0 spiro atoms. The smallest absolute Gasteiger partial charge is 0.226 e. The van der Waals surface area contributed by atoms with E-state index in [1.165, 1.54) is 0 Å². The molecule has 3 rings (SSSR count). The van der Waals surface area contributed by atoms with Gasteiger partial charge in [0.2, 0.25) is 5.89 Å². The second-order valence-electron chi connectivity index (χ2n) is 4.62. The quantitative estimate of drug-likeness (QED) is 0.734. The van der Waals surface area contributed by atoms with Crippen LogP contribution in [0.4, 0.5) is 5.69 Å². The van der Waals surface area contributed by atoms with Gasteiger partial charge in [0.1, 0.15) is 5.75 Å². The number of nitrogens with two attached hydrogens (primary N) is 1. The Morgan fingerprint density at radius 2 is 1.90 bits per heavy atom. The number of aromatic nitrogens is 1. The molecule has 0 saturated carbocycles. The zero-order valence-corrected chi connectivity index (χ0v) is 11.7. The SMILES string of the molecule is CCOc1cc(N)cc(-c2ncc(-c3ccccc3)o2)c1. The van der Waals surface area contributed by atoms with Crippen molar-refractivity contribution >= 4 is 5.69 Å². The first kappa shape index (κ1) is 13.2. The molecular weight excluding hydrogens is 264 g/mol. The van der Waals surface area contributed by atoms with E-state index in [2.05, 4.69) is 4.98 Å². The van der Waals surface area contributed by atoms with E-state index in [1.807, 2.05) is 49.4 Å². The first-order valence-corrected chi connectivity index (χ1v) is 6.81. The summed E-state index contributed by atoms with van der Waals surface area (Å²) in [6.45, 7) is 2.52. The number of ether oxygens (including phenoxy) is 1. The van der Waals surface area contributed by atoms with Gasteiger partial charge in [-0.2, -0.15) is 0 Å². The van der Waals surface area contributed by atoms with Crippen LogP contribution in [-0.2, 0) is 0 Å². The van der Waals surface area contributed by atoms with Gasteiger partial charge >= 0.3 is 0 Å². The molecule has 0 bridgehead atoms. The Morgan fingerprint density at radius 1 is 1.10 bits per heavy atom. The van der Waals surface area contributed by atoms with Crippen LogP contribution in [0.15, 0.2) is 59.1 Å². The fourth-order valence-corrected chi connectivity index (χ4v) is 2.14. The van der Waals surface area contributed by atoms with Crippen molar-refractivity contribution in [2.45, 2.75) is 6.92 Å².